The van der Waals surface area contributed by atoms with Gasteiger partial charge in [-0.1, -0.05) is 55.7 Å². The molecule has 1 aromatic heterocycles. The van der Waals surface area contributed by atoms with E-state index in [1.54, 1.807) is 6.07 Å². The Kier molecular flexibility index (Phi) is 8.55. The van der Waals surface area contributed by atoms with E-state index in [1.807, 2.05) is 35.9 Å². The Morgan fingerprint density at radius 3 is 2.13 bits per heavy atom. The van der Waals surface area contributed by atoms with Gasteiger partial charge < -0.3 is 20.1 Å². The third kappa shape index (κ3) is 6.70. The Morgan fingerprint density at radius 2 is 1.60 bits per heavy atom. The molecule has 3 N–H and O–H groups in total. The zero-order valence-corrected chi connectivity index (χ0v) is 17.1. The summed E-state index contributed by atoms with van der Waals surface area (Å²) in [5, 5.41) is 19.2. The van der Waals surface area contributed by atoms with E-state index in [1.165, 1.54) is 24.8 Å². The zero-order chi connectivity index (χ0) is 22.0. The maximum atomic E-state index is 12.2. The summed E-state index contributed by atoms with van der Waals surface area (Å²) in [6.07, 6.45) is 9.27. The van der Waals surface area contributed by atoms with Gasteiger partial charge in [-0.25, -0.2) is 9.59 Å². The normalized spacial score (nSPS) is 15.2. The number of carboxylic acids is 2. The first-order chi connectivity index (χ1) is 14.4. The highest BCUT2D eigenvalue weighted by molar-refractivity contribution is 5.89. The smallest absolute Gasteiger partial charge is 0.328 e. The number of aromatic nitrogens is 1. The van der Waals surface area contributed by atoms with Crippen molar-refractivity contribution in [2.75, 3.05) is 7.05 Å². The lowest BCUT2D eigenvalue weighted by Gasteiger charge is -2.38. The summed E-state index contributed by atoms with van der Waals surface area (Å²) in [5.74, 6) is -2.51. The van der Waals surface area contributed by atoms with E-state index in [4.69, 9.17) is 10.2 Å². The zero-order valence-electron chi connectivity index (χ0n) is 17.1. The van der Waals surface area contributed by atoms with Crippen LogP contribution in [0.15, 0.2) is 65.6 Å². The summed E-state index contributed by atoms with van der Waals surface area (Å²) in [7, 11) is 2.04. The van der Waals surface area contributed by atoms with Crippen molar-refractivity contribution in [1.29, 1.82) is 0 Å². The van der Waals surface area contributed by atoms with Crippen molar-refractivity contribution in [3.05, 3.63) is 82.3 Å². The van der Waals surface area contributed by atoms with Crippen LogP contribution < -0.4 is 10.9 Å². The highest BCUT2D eigenvalue weighted by atomic mass is 16.4. The van der Waals surface area contributed by atoms with Gasteiger partial charge in [-0.2, -0.15) is 0 Å². The van der Waals surface area contributed by atoms with Crippen molar-refractivity contribution in [1.82, 2.24) is 9.88 Å². The molecule has 0 radical (unpaired) electrons. The molecule has 0 unspecified atom stereocenters. The molecular weight excluding hydrogens is 384 g/mol. The number of carbonyl (C=O) groups is 2. The maximum Gasteiger partial charge on any atom is 0.328 e. The van der Waals surface area contributed by atoms with Crippen LogP contribution in [0.3, 0.4) is 0 Å². The van der Waals surface area contributed by atoms with Crippen LogP contribution in [0.5, 0.6) is 0 Å². The molecule has 0 bridgehead atoms. The van der Waals surface area contributed by atoms with Gasteiger partial charge in [0.05, 0.1) is 6.54 Å². The van der Waals surface area contributed by atoms with E-state index in [0.29, 0.717) is 18.7 Å². The number of carboxylic acid groups (broad SMARTS) is 2. The van der Waals surface area contributed by atoms with Crippen LogP contribution in [0.25, 0.3) is 0 Å². The lowest BCUT2D eigenvalue weighted by atomic mass is 9.77. The summed E-state index contributed by atoms with van der Waals surface area (Å²) in [6, 6.07) is 13.9. The predicted molar refractivity (Wildman–Crippen MR) is 114 cm³/mol. The van der Waals surface area contributed by atoms with E-state index in [9.17, 15) is 14.4 Å². The van der Waals surface area contributed by atoms with Gasteiger partial charge in [0, 0.05) is 30.0 Å². The molecule has 2 aromatic rings. The molecule has 0 spiro atoms. The topological polar surface area (TPSA) is 109 Å². The van der Waals surface area contributed by atoms with Crippen molar-refractivity contribution in [2.45, 2.75) is 44.2 Å². The number of pyridine rings is 1. The van der Waals surface area contributed by atoms with E-state index in [2.05, 4.69) is 23.6 Å². The van der Waals surface area contributed by atoms with Gasteiger partial charge in [0.15, 0.2) is 0 Å². The molecule has 0 aliphatic heterocycles. The number of hydrogen-bond acceptors (Lipinski definition) is 4. The number of hydrogen-bond donors (Lipinski definition) is 3. The average Bonchev–Trinajstić information content (AvgIpc) is 2.75. The largest absolute Gasteiger partial charge is 0.478 e. The first-order valence-electron chi connectivity index (χ1n) is 9.94. The van der Waals surface area contributed by atoms with Gasteiger partial charge in [0.1, 0.15) is 0 Å². The van der Waals surface area contributed by atoms with Crippen molar-refractivity contribution >= 4 is 11.9 Å². The monoisotopic (exact) mass is 412 g/mol. The van der Waals surface area contributed by atoms with Crippen molar-refractivity contribution in [2.24, 2.45) is 0 Å². The average molecular weight is 412 g/mol. The van der Waals surface area contributed by atoms with Crippen LogP contribution in [-0.2, 0) is 21.7 Å². The number of nitrogens with one attached hydrogen (secondary N) is 1. The van der Waals surface area contributed by atoms with Gasteiger partial charge in [-0.05, 0) is 31.0 Å². The summed E-state index contributed by atoms with van der Waals surface area (Å²) >= 11 is 0. The molecule has 1 aromatic carbocycles. The van der Waals surface area contributed by atoms with Gasteiger partial charge >= 0.3 is 11.9 Å². The van der Waals surface area contributed by atoms with Crippen molar-refractivity contribution in [3.63, 3.8) is 0 Å². The van der Waals surface area contributed by atoms with Crippen LogP contribution in [0, 0.1) is 0 Å². The highest BCUT2D eigenvalue weighted by Crippen LogP contribution is 2.36. The summed E-state index contributed by atoms with van der Waals surface area (Å²) in [5.41, 5.74) is 2.49. The molecule has 1 heterocycles. The standard InChI is InChI=1S/C19H24N2O.C4H4O4/c1-20-19(12-6-3-7-13-19)17-10-11-18(22)21(15-17)14-16-8-4-2-5-9-16;5-3(6)1-2-4(7)8/h2,4-5,8-11,15,20H,3,6-7,12-14H2,1H3;1-2H,(H,5,6)(H,7,8)/b;2-1+. The summed E-state index contributed by atoms with van der Waals surface area (Å²) in [6.45, 7) is 0.632. The molecule has 160 valence electrons. The lowest BCUT2D eigenvalue weighted by molar-refractivity contribution is -0.134. The molecule has 7 nitrogen and oxygen atoms in total. The molecular formula is C23H28N2O5. The molecule has 7 heteroatoms. The molecule has 1 saturated carbocycles. The van der Waals surface area contributed by atoms with Crippen molar-refractivity contribution in [3.8, 4) is 0 Å². The van der Waals surface area contributed by atoms with E-state index in [-0.39, 0.29) is 11.1 Å². The molecule has 0 atom stereocenters. The second-order valence-electron chi connectivity index (χ2n) is 7.27. The van der Waals surface area contributed by atoms with Crippen LogP contribution in [0.2, 0.25) is 0 Å². The first kappa shape index (κ1) is 23.1. The number of aliphatic carboxylic acids is 2. The van der Waals surface area contributed by atoms with Crippen LogP contribution in [-0.4, -0.2) is 33.8 Å². The molecule has 3 rings (SSSR count). The van der Waals surface area contributed by atoms with Crippen molar-refractivity contribution < 1.29 is 19.8 Å². The fourth-order valence-corrected chi connectivity index (χ4v) is 3.70. The number of rotatable bonds is 6. The number of benzene rings is 1. The van der Waals surface area contributed by atoms with E-state index < -0.39 is 11.9 Å². The third-order valence-corrected chi connectivity index (χ3v) is 5.29. The second-order valence-corrected chi connectivity index (χ2v) is 7.27. The molecule has 1 aliphatic rings. The Hall–Kier alpha value is -3.19. The SMILES string of the molecule is CNC1(c2ccc(=O)n(Cc3ccccc3)c2)CCCCC1.O=C(O)/C=C/C(=O)O. The molecule has 1 aliphatic carbocycles. The molecule has 30 heavy (non-hydrogen) atoms. The second kappa shape index (κ2) is 11.1. The Balaban J connectivity index is 0.000000343. The predicted octanol–water partition coefficient (Wildman–Crippen LogP) is 2.99. The van der Waals surface area contributed by atoms with Gasteiger partial charge in [0.25, 0.3) is 5.56 Å². The summed E-state index contributed by atoms with van der Waals surface area (Å²) in [4.78, 5) is 31.3. The Labute approximate surface area is 175 Å². The van der Waals surface area contributed by atoms with Gasteiger partial charge in [-0.3, -0.25) is 4.79 Å². The minimum absolute atomic E-state index is 0.0321. The van der Waals surface area contributed by atoms with E-state index >= 15 is 0 Å². The van der Waals surface area contributed by atoms with Crippen LogP contribution >= 0.6 is 0 Å². The van der Waals surface area contributed by atoms with E-state index in [0.717, 1.165) is 18.4 Å². The Morgan fingerprint density at radius 1 is 1.00 bits per heavy atom. The minimum atomic E-state index is -1.26. The first-order valence-corrected chi connectivity index (χ1v) is 9.94. The quantitative estimate of drug-likeness (QED) is 0.630. The third-order valence-electron chi connectivity index (χ3n) is 5.29. The molecule has 0 saturated heterocycles. The number of nitrogens with zero attached hydrogens (tertiary/aromatic N) is 1. The van der Waals surface area contributed by atoms with Crippen LogP contribution in [0.1, 0.15) is 43.2 Å². The molecule has 1 fully saturated rings. The fourth-order valence-electron chi connectivity index (χ4n) is 3.70. The maximum absolute atomic E-state index is 12.2. The van der Waals surface area contributed by atoms with Gasteiger partial charge in [0.2, 0.25) is 0 Å². The summed E-state index contributed by atoms with van der Waals surface area (Å²) < 4.78 is 1.83. The minimum Gasteiger partial charge on any atom is -0.478 e. The Bertz CT molecular complexity index is 912. The fraction of sp³-hybridized carbons (Fsp3) is 0.348. The lowest BCUT2D eigenvalue weighted by Crippen LogP contribution is -2.42. The highest BCUT2D eigenvalue weighted by Gasteiger charge is 2.32. The van der Waals surface area contributed by atoms with Crippen LogP contribution in [0.4, 0.5) is 0 Å². The van der Waals surface area contributed by atoms with Gasteiger partial charge in [-0.15, -0.1) is 0 Å². The molecule has 0 amide bonds.